The average molecular weight is 252 g/mol. The van der Waals surface area contributed by atoms with Crippen LogP contribution in [-0.4, -0.2) is 31.9 Å². The molecule has 0 amide bonds. The Labute approximate surface area is 110 Å². The second-order valence-electron chi connectivity index (χ2n) is 4.24. The van der Waals surface area contributed by atoms with Crippen LogP contribution in [0.2, 0.25) is 0 Å². The van der Waals surface area contributed by atoms with Gasteiger partial charge in [0.1, 0.15) is 5.75 Å². The van der Waals surface area contributed by atoms with E-state index in [1.807, 2.05) is 12.3 Å². The largest absolute Gasteiger partial charge is 0.495 e. The molecule has 0 aliphatic carbocycles. The number of hydrogen-bond acceptors (Lipinski definition) is 4. The summed E-state index contributed by atoms with van der Waals surface area (Å²) in [6.07, 6.45) is 5.72. The summed E-state index contributed by atoms with van der Waals surface area (Å²) in [5.41, 5.74) is 1.11. The fourth-order valence-electron chi connectivity index (χ4n) is 1.67. The molecular formula is C14H24N2O2. The molecule has 1 N–H and O–H groups in total. The third-order valence-corrected chi connectivity index (χ3v) is 2.65. The zero-order chi connectivity index (χ0) is 13.2. The Morgan fingerprint density at radius 1 is 1.28 bits per heavy atom. The molecule has 1 atom stereocenters. The first kappa shape index (κ1) is 14.9. The van der Waals surface area contributed by atoms with Gasteiger partial charge in [0.2, 0.25) is 0 Å². The van der Waals surface area contributed by atoms with E-state index in [0.29, 0.717) is 6.61 Å². The van der Waals surface area contributed by atoms with Gasteiger partial charge in [-0.3, -0.25) is 4.98 Å². The summed E-state index contributed by atoms with van der Waals surface area (Å²) in [5.74, 6) is 0.784. The molecule has 1 aromatic heterocycles. The molecule has 4 heteroatoms. The van der Waals surface area contributed by atoms with Gasteiger partial charge in [-0.2, -0.15) is 0 Å². The van der Waals surface area contributed by atoms with E-state index in [-0.39, 0.29) is 6.04 Å². The number of nitrogens with zero attached hydrogens (tertiary/aromatic N) is 1. The molecular weight excluding hydrogens is 228 g/mol. The summed E-state index contributed by atoms with van der Waals surface area (Å²) in [6, 6.07) is 2.19. The minimum Gasteiger partial charge on any atom is -0.495 e. The molecule has 0 bridgehead atoms. The van der Waals surface area contributed by atoms with E-state index in [9.17, 15) is 0 Å². The first-order chi connectivity index (χ1) is 8.81. The minimum absolute atomic E-state index is 0.180. The normalized spacial score (nSPS) is 12.4. The SMILES string of the molecule is CCCNC(COCCC)c1cncc(OC)c1. The number of pyridine rings is 1. The van der Waals surface area contributed by atoms with Gasteiger partial charge in [-0.05, 0) is 31.0 Å². The summed E-state index contributed by atoms with van der Waals surface area (Å²) in [5, 5.41) is 3.48. The Hall–Kier alpha value is -1.13. The molecule has 18 heavy (non-hydrogen) atoms. The van der Waals surface area contributed by atoms with Gasteiger partial charge in [-0.1, -0.05) is 13.8 Å². The molecule has 1 rings (SSSR count). The van der Waals surface area contributed by atoms with Crippen molar-refractivity contribution in [3.63, 3.8) is 0 Å². The quantitative estimate of drug-likeness (QED) is 0.686. The lowest BCUT2D eigenvalue weighted by Gasteiger charge is -2.19. The number of hydrogen-bond donors (Lipinski definition) is 1. The number of rotatable bonds is 9. The molecule has 1 heterocycles. The van der Waals surface area contributed by atoms with Gasteiger partial charge in [0.15, 0.2) is 0 Å². The Bertz CT molecular complexity index is 331. The summed E-state index contributed by atoms with van der Waals surface area (Å²) in [7, 11) is 1.66. The van der Waals surface area contributed by atoms with E-state index >= 15 is 0 Å². The van der Waals surface area contributed by atoms with Crippen LogP contribution in [0.25, 0.3) is 0 Å². The molecule has 0 radical (unpaired) electrons. The molecule has 1 unspecified atom stereocenters. The Kier molecular flexibility index (Phi) is 7.37. The number of nitrogens with one attached hydrogen (secondary N) is 1. The lowest BCUT2D eigenvalue weighted by molar-refractivity contribution is 0.112. The van der Waals surface area contributed by atoms with Gasteiger partial charge in [0.25, 0.3) is 0 Å². The molecule has 0 aromatic carbocycles. The maximum atomic E-state index is 5.64. The van der Waals surface area contributed by atoms with Gasteiger partial charge in [-0.25, -0.2) is 0 Å². The lowest BCUT2D eigenvalue weighted by Crippen LogP contribution is -2.26. The van der Waals surface area contributed by atoms with Crippen molar-refractivity contribution in [1.82, 2.24) is 10.3 Å². The van der Waals surface area contributed by atoms with E-state index in [1.54, 1.807) is 13.3 Å². The fourth-order valence-corrected chi connectivity index (χ4v) is 1.67. The lowest BCUT2D eigenvalue weighted by atomic mass is 10.1. The van der Waals surface area contributed by atoms with E-state index in [4.69, 9.17) is 9.47 Å². The minimum atomic E-state index is 0.180. The van der Waals surface area contributed by atoms with Gasteiger partial charge < -0.3 is 14.8 Å². The molecule has 0 aliphatic rings. The third-order valence-electron chi connectivity index (χ3n) is 2.65. The highest BCUT2D eigenvalue weighted by atomic mass is 16.5. The monoisotopic (exact) mass is 252 g/mol. The van der Waals surface area contributed by atoms with Crippen LogP contribution in [0.1, 0.15) is 38.3 Å². The predicted octanol–water partition coefficient (Wildman–Crippen LogP) is 2.56. The highest BCUT2D eigenvalue weighted by Crippen LogP contribution is 2.18. The smallest absolute Gasteiger partial charge is 0.137 e. The van der Waals surface area contributed by atoms with Crippen LogP contribution < -0.4 is 10.1 Å². The van der Waals surface area contributed by atoms with Crippen LogP contribution in [0, 0.1) is 0 Å². The molecule has 0 saturated heterocycles. The summed E-state index contributed by atoms with van der Waals surface area (Å²) >= 11 is 0. The van der Waals surface area contributed by atoms with Gasteiger partial charge in [0, 0.05) is 12.8 Å². The van der Waals surface area contributed by atoms with E-state index < -0.39 is 0 Å². The number of ether oxygens (including phenoxy) is 2. The molecule has 0 spiro atoms. The third kappa shape index (κ3) is 5.02. The predicted molar refractivity (Wildman–Crippen MR) is 72.9 cm³/mol. The highest BCUT2D eigenvalue weighted by molar-refractivity contribution is 5.26. The topological polar surface area (TPSA) is 43.4 Å². The van der Waals surface area contributed by atoms with E-state index in [1.165, 1.54) is 0 Å². The number of methoxy groups -OCH3 is 1. The number of aromatic nitrogens is 1. The highest BCUT2D eigenvalue weighted by Gasteiger charge is 2.12. The fraction of sp³-hybridized carbons (Fsp3) is 0.643. The zero-order valence-corrected chi connectivity index (χ0v) is 11.6. The average Bonchev–Trinajstić information content (AvgIpc) is 2.42. The molecule has 4 nitrogen and oxygen atoms in total. The molecule has 1 aromatic rings. The van der Waals surface area contributed by atoms with Crippen LogP contribution >= 0.6 is 0 Å². The van der Waals surface area contributed by atoms with Crippen LogP contribution in [0.4, 0.5) is 0 Å². The standard InChI is InChI=1S/C14H24N2O2/c1-4-6-16-14(11-18-7-5-2)12-8-13(17-3)10-15-9-12/h8-10,14,16H,4-7,11H2,1-3H3. The van der Waals surface area contributed by atoms with Crippen molar-refractivity contribution in [2.75, 3.05) is 26.9 Å². The van der Waals surface area contributed by atoms with Gasteiger partial charge >= 0.3 is 0 Å². The van der Waals surface area contributed by atoms with Crippen molar-refractivity contribution in [3.8, 4) is 5.75 Å². The molecule has 102 valence electrons. The van der Waals surface area contributed by atoms with Crippen LogP contribution in [-0.2, 0) is 4.74 Å². The molecule has 0 fully saturated rings. The van der Waals surface area contributed by atoms with Crippen LogP contribution in [0.5, 0.6) is 5.75 Å². The second-order valence-corrected chi connectivity index (χ2v) is 4.24. The van der Waals surface area contributed by atoms with Crippen LogP contribution in [0.3, 0.4) is 0 Å². The van der Waals surface area contributed by atoms with E-state index in [2.05, 4.69) is 24.1 Å². The van der Waals surface area contributed by atoms with Crippen molar-refractivity contribution in [1.29, 1.82) is 0 Å². The van der Waals surface area contributed by atoms with Gasteiger partial charge in [-0.15, -0.1) is 0 Å². The van der Waals surface area contributed by atoms with Crippen molar-refractivity contribution in [2.45, 2.75) is 32.7 Å². The first-order valence-corrected chi connectivity index (χ1v) is 6.61. The van der Waals surface area contributed by atoms with Crippen molar-refractivity contribution in [2.24, 2.45) is 0 Å². The van der Waals surface area contributed by atoms with E-state index in [0.717, 1.165) is 37.3 Å². The van der Waals surface area contributed by atoms with Crippen LogP contribution in [0.15, 0.2) is 18.5 Å². The summed E-state index contributed by atoms with van der Waals surface area (Å²) in [6.45, 7) is 6.70. The van der Waals surface area contributed by atoms with Crippen molar-refractivity contribution < 1.29 is 9.47 Å². The zero-order valence-electron chi connectivity index (χ0n) is 11.6. The summed E-state index contributed by atoms with van der Waals surface area (Å²) in [4.78, 5) is 4.19. The maximum Gasteiger partial charge on any atom is 0.137 e. The molecule has 0 saturated carbocycles. The first-order valence-electron chi connectivity index (χ1n) is 6.61. The van der Waals surface area contributed by atoms with Crippen molar-refractivity contribution >= 4 is 0 Å². The summed E-state index contributed by atoms with van der Waals surface area (Å²) < 4.78 is 10.8. The Morgan fingerprint density at radius 2 is 2.11 bits per heavy atom. The van der Waals surface area contributed by atoms with Gasteiger partial charge in [0.05, 0.1) is 26.0 Å². The molecule has 0 aliphatic heterocycles. The maximum absolute atomic E-state index is 5.64. The Balaban J connectivity index is 2.66. The Morgan fingerprint density at radius 3 is 2.78 bits per heavy atom. The van der Waals surface area contributed by atoms with Crippen molar-refractivity contribution in [3.05, 3.63) is 24.0 Å². The second kappa shape index (κ2) is 8.89.